The second kappa shape index (κ2) is 12.4. The number of hydrogen-bond acceptors (Lipinski definition) is 3. The van der Waals surface area contributed by atoms with E-state index in [0.29, 0.717) is 23.6 Å². The molecule has 0 aliphatic heterocycles. The molecule has 2 aromatic rings. The first-order valence-electron chi connectivity index (χ1n) is 9.11. The Hall–Kier alpha value is -2.08. The Kier molecular flexibility index (Phi) is 10.6. The lowest BCUT2D eigenvalue weighted by atomic mass is 10.0. The number of halogens is 2. The van der Waals surface area contributed by atoms with Crippen LogP contribution in [0, 0.1) is 0 Å². The molecule has 0 spiro atoms. The summed E-state index contributed by atoms with van der Waals surface area (Å²) in [5, 5.41) is 9.56. The van der Waals surface area contributed by atoms with Crippen molar-refractivity contribution in [1.29, 1.82) is 0 Å². The molecule has 2 rings (SSSR count). The van der Waals surface area contributed by atoms with Gasteiger partial charge in [-0.15, -0.1) is 12.4 Å². The minimum atomic E-state index is -0.663. The van der Waals surface area contributed by atoms with Crippen molar-refractivity contribution in [3.63, 3.8) is 0 Å². The summed E-state index contributed by atoms with van der Waals surface area (Å²) in [5.74, 6) is -0.506. The van der Waals surface area contributed by atoms with Gasteiger partial charge in [-0.1, -0.05) is 48.9 Å². The van der Waals surface area contributed by atoms with E-state index in [2.05, 4.69) is 16.0 Å². The van der Waals surface area contributed by atoms with Crippen LogP contribution in [0.2, 0.25) is 5.02 Å². The zero-order chi connectivity index (χ0) is 19.6. The molecule has 7 heteroatoms. The van der Waals surface area contributed by atoms with Crippen LogP contribution in [-0.4, -0.2) is 37.0 Å². The second-order valence-electron chi connectivity index (χ2n) is 6.43. The van der Waals surface area contributed by atoms with E-state index >= 15 is 0 Å². The summed E-state index contributed by atoms with van der Waals surface area (Å²) in [6, 6.07) is 15.7. The Labute approximate surface area is 177 Å². The van der Waals surface area contributed by atoms with Crippen LogP contribution in [0.5, 0.6) is 0 Å². The number of benzene rings is 2. The summed E-state index contributed by atoms with van der Waals surface area (Å²) in [7, 11) is 0. The molecule has 2 atom stereocenters. The van der Waals surface area contributed by atoms with E-state index in [4.69, 9.17) is 11.6 Å². The van der Waals surface area contributed by atoms with Crippen LogP contribution in [0.1, 0.15) is 29.8 Å². The number of likely N-dealkylation sites (N-methyl/N-ethyl adjacent to an activating group) is 1. The van der Waals surface area contributed by atoms with Crippen LogP contribution in [0.4, 0.5) is 0 Å². The van der Waals surface area contributed by atoms with Crippen molar-refractivity contribution in [2.75, 3.05) is 13.1 Å². The maximum Gasteiger partial charge on any atom is 0.251 e. The Morgan fingerprint density at radius 1 is 1.04 bits per heavy atom. The summed E-state index contributed by atoms with van der Waals surface area (Å²) >= 11 is 5.87. The van der Waals surface area contributed by atoms with E-state index in [0.717, 1.165) is 12.1 Å². The molecule has 0 saturated heterocycles. The smallest absolute Gasteiger partial charge is 0.251 e. The highest BCUT2D eigenvalue weighted by molar-refractivity contribution is 6.30. The molecular weight excluding hydrogens is 397 g/mol. The van der Waals surface area contributed by atoms with Crippen molar-refractivity contribution in [1.82, 2.24) is 16.0 Å². The normalized spacial score (nSPS) is 12.4. The first kappa shape index (κ1) is 24.0. The van der Waals surface area contributed by atoms with Gasteiger partial charge in [-0.05, 0) is 43.3 Å². The van der Waals surface area contributed by atoms with Crippen LogP contribution in [0.3, 0.4) is 0 Å². The first-order valence-corrected chi connectivity index (χ1v) is 9.48. The van der Waals surface area contributed by atoms with Gasteiger partial charge in [0.25, 0.3) is 5.91 Å². The molecule has 0 aromatic heterocycles. The highest BCUT2D eigenvalue weighted by atomic mass is 35.5. The summed E-state index contributed by atoms with van der Waals surface area (Å²) in [6.07, 6.45) is 0.418. The van der Waals surface area contributed by atoms with Crippen molar-refractivity contribution >= 4 is 35.8 Å². The van der Waals surface area contributed by atoms with Crippen LogP contribution < -0.4 is 16.0 Å². The highest BCUT2D eigenvalue weighted by Gasteiger charge is 2.22. The Balaban J connectivity index is 0.00000392. The first-order chi connectivity index (χ1) is 13.0. The quantitative estimate of drug-likeness (QED) is 0.579. The summed E-state index contributed by atoms with van der Waals surface area (Å²) in [6.45, 7) is 5.34. The molecule has 0 aliphatic rings. The number of carbonyl (C=O) groups excluding carboxylic acids is 2. The Morgan fingerprint density at radius 2 is 1.68 bits per heavy atom. The maximum absolute atomic E-state index is 12.7. The predicted octanol–water partition coefficient (Wildman–Crippen LogP) is 3.22. The molecule has 152 valence electrons. The minimum absolute atomic E-state index is 0. The van der Waals surface area contributed by atoms with Crippen molar-refractivity contribution in [2.24, 2.45) is 0 Å². The molecule has 5 nitrogen and oxygen atoms in total. The number of amides is 2. The number of rotatable bonds is 9. The van der Waals surface area contributed by atoms with E-state index < -0.39 is 6.04 Å². The van der Waals surface area contributed by atoms with Crippen molar-refractivity contribution in [3.05, 3.63) is 70.7 Å². The minimum Gasteiger partial charge on any atom is -0.353 e. The zero-order valence-electron chi connectivity index (χ0n) is 16.1. The van der Waals surface area contributed by atoms with E-state index in [9.17, 15) is 9.59 Å². The van der Waals surface area contributed by atoms with Crippen molar-refractivity contribution < 1.29 is 9.59 Å². The molecule has 0 aliphatic carbocycles. The Morgan fingerprint density at radius 3 is 2.29 bits per heavy atom. The molecule has 2 aromatic carbocycles. The second-order valence-corrected chi connectivity index (χ2v) is 6.86. The summed E-state index contributed by atoms with van der Waals surface area (Å²) in [4.78, 5) is 25.3. The van der Waals surface area contributed by atoms with E-state index in [1.165, 1.54) is 0 Å². The summed E-state index contributed by atoms with van der Waals surface area (Å²) in [5.41, 5.74) is 1.44. The van der Waals surface area contributed by atoms with Gasteiger partial charge in [-0.2, -0.15) is 0 Å². The lowest BCUT2D eigenvalue weighted by molar-refractivity contribution is -0.123. The predicted molar refractivity (Wildman–Crippen MR) is 116 cm³/mol. The molecule has 1 unspecified atom stereocenters. The molecule has 3 N–H and O–H groups in total. The van der Waals surface area contributed by atoms with E-state index in [-0.39, 0.29) is 30.3 Å². The van der Waals surface area contributed by atoms with Gasteiger partial charge >= 0.3 is 0 Å². The van der Waals surface area contributed by atoms with Crippen LogP contribution in [-0.2, 0) is 11.2 Å². The van der Waals surface area contributed by atoms with Crippen LogP contribution in [0.25, 0.3) is 0 Å². The molecule has 2 amide bonds. The zero-order valence-corrected chi connectivity index (χ0v) is 17.6. The van der Waals surface area contributed by atoms with Gasteiger partial charge in [-0.25, -0.2) is 0 Å². The molecular formula is C21H27Cl2N3O2. The molecule has 0 bridgehead atoms. The standard InChI is InChI=1S/C21H26ClN3O2.ClH/c1-3-23-15(2)14-24-21(27)19(13-16-7-5-4-6-8-16)25-20(26)17-9-11-18(22)12-10-17;/h4-12,15,19,23H,3,13-14H2,1-2H3,(H,24,27)(H,25,26);1H/t15-,19?;/m1./s1. The average Bonchev–Trinajstić information content (AvgIpc) is 2.67. The molecule has 0 saturated carbocycles. The van der Waals surface area contributed by atoms with E-state index in [1.807, 2.05) is 44.2 Å². The van der Waals surface area contributed by atoms with Gasteiger partial charge in [0, 0.05) is 29.6 Å². The third-order valence-corrected chi connectivity index (χ3v) is 4.40. The van der Waals surface area contributed by atoms with Crippen LogP contribution in [0.15, 0.2) is 54.6 Å². The fourth-order valence-electron chi connectivity index (χ4n) is 2.70. The largest absolute Gasteiger partial charge is 0.353 e. The molecule has 0 heterocycles. The molecule has 28 heavy (non-hydrogen) atoms. The van der Waals surface area contributed by atoms with Crippen molar-refractivity contribution in [3.8, 4) is 0 Å². The molecule has 0 fully saturated rings. The van der Waals surface area contributed by atoms with Crippen LogP contribution >= 0.6 is 24.0 Å². The fraction of sp³-hybridized carbons (Fsp3) is 0.333. The third kappa shape index (κ3) is 7.89. The van der Waals surface area contributed by atoms with Gasteiger partial charge in [0.05, 0.1) is 0 Å². The number of carbonyl (C=O) groups is 2. The lowest BCUT2D eigenvalue weighted by Crippen LogP contribution is -2.50. The van der Waals surface area contributed by atoms with Gasteiger partial charge < -0.3 is 16.0 Å². The third-order valence-electron chi connectivity index (χ3n) is 4.15. The fourth-order valence-corrected chi connectivity index (χ4v) is 2.83. The van der Waals surface area contributed by atoms with Gasteiger partial charge in [0.15, 0.2) is 0 Å². The number of hydrogen-bond donors (Lipinski definition) is 3. The maximum atomic E-state index is 12.7. The topological polar surface area (TPSA) is 70.2 Å². The van der Waals surface area contributed by atoms with Gasteiger partial charge in [0.1, 0.15) is 6.04 Å². The highest BCUT2D eigenvalue weighted by Crippen LogP contribution is 2.10. The number of nitrogens with one attached hydrogen (secondary N) is 3. The van der Waals surface area contributed by atoms with E-state index in [1.54, 1.807) is 24.3 Å². The summed E-state index contributed by atoms with van der Waals surface area (Å²) < 4.78 is 0. The Bertz CT molecular complexity index is 739. The van der Waals surface area contributed by atoms with Crippen molar-refractivity contribution in [2.45, 2.75) is 32.4 Å². The average molecular weight is 424 g/mol. The monoisotopic (exact) mass is 423 g/mol. The lowest BCUT2D eigenvalue weighted by Gasteiger charge is -2.20. The van der Waals surface area contributed by atoms with Gasteiger partial charge in [-0.3, -0.25) is 9.59 Å². The van der Waals surface area contributed by atoms with Gasteiger partial charge in [0.2, 0.25) is 5.91 Å². The molecule has 0 radical (unpaired) electrons. The SMILES string of the molecule is CCN[C@H](C)CNC(=O)C(Cc1ccccc1)NC(=O)c1ccc(Cl)cc1.Cl.